The van der Waals surface area contributed by atoms with Gasteiger partial charge in [0.2, 0.25) is 4.77 Å². The number of halogens is 1. The second kappa shape index (κ2) is 6.86. The zero-order chi connectivity index (χ0) is 17.1. The van der Waals surface area contributed by atoms with Gasteiger partial charge in [-0.2, -0.15) is 14.9 Å². The summed E-state index contributed by atoms with van der Waals surface area (Å²) in [5, 5.41) is 21.6. The average molecular weight is 361 g/mol. The van der Waals surface area contributed by atoms with Gasteiger partial charge in [0.1, 0.15) is 11.5 Å². The van der Waals surface area contributed by atoms with Crippen molar-refractivity contribution in [2.24, 2.45) is 5.10 Å². The van der Waals surface area contributed by atoms with E-state index in [4.69, 9.17) is 28.6 Å². The van der Waals surface area contributed by atoms with Crippen molar-refractivity contribution in [3.63, 3.8) is 0 Å². The number of aromatic hydroxyl groups is 1. The van der Waals surface area contributed by atoms with Gasteiger partial charge in [-0.15, -0.1) is 0 Å². The Morgan fingerprint density at radius 2 is 2.12 bits per heavy atom. The van der Waals surface area contributed by atoms with Crippen LogP contribution >= 0.6 is 23.8 Å². The molecule has 0 spiro atoms. The molecule has 0 saturated heterocycles. The van der Waals surface area contributed by atoms with E-state index in [9.17, 15) is 5.11 Å². The number of H-pyrrole nitrogens is 1. The van der Waals surface area contributed by atoms with Crippen molar-refractivity contribution in [1.82, 2.24) is 14.9 Å². The molecule has 0 radical (unpaired) electrons. The Kier molecular flexibility index (Phi) is 4.64. The van der Waals surface area contributed by atoms with Crippen LogP contribution in [0, 0.1) is 4.77 Å². The second-order valence-corrected chi connectivity index (χ2v) is 5.61. The van der Waals surface area contributed by atoms with Gasteiger partial charge in [-0.05, 0) is 42.5 Å². The molecule has 0 unspecified atom stereocenters. The SMILES string of the molecule is COc1ccc(O)c(C=Nn2c(-c3ccccc3Cl)n[nH]c2=S)c1. The van der Waals surface area contributed by atoms with Crippen LogP contribution in [0.25, 0.3) is 11.4 Å². The minimum Gasteiger partial charge on any atom is -0.507 e. The number of nitrogens with one attached hydrogen (secondary N) is 1. The van der Waals surface area contributed by atoms with E-state index in [1.807, 2.05) is 18.2 Å². The Labute approximate surface area is 148 Å². The number of aromatic nitrogens is 3. The van der Waals surface area contributed by atoms with Gasteiger partial charge >= 0.3 is 0 Å². The van der Waals surface area contributed by atoms with E-state index in [1.54, 1.807) is 25.3 Å². The zero-order valence-electron chi connectivity index (χ0n) is 12.6. The van der Waals surface area contributed by atoms with Crippen LogP contribution in [-0.4, -0.2) is 33.3 Å². The molecule has 1 aromatic heterocycles. The standard InChI is InChI=1S/C16H13ClN4O2S/c1-23-11-6-7-14(22)10(8-11)9-18-21-15(19-20-16(21)24)12-4-2-3-5-13(12)17/h2-9,22H,1H3,(H,20,24). The van der Waals surface area contributed by atoms with Crippen LogP contribution < -0.4 is 4.74 Å². The fourth-order valence-electron chi connectivity index (χ4n) is 2.10. The lowest BCUT2D eigenvalue weighted by atomic mass is 10.2. The van der Waals surface area contributed by atoms with Crippen molar-refractivity contribution in [3.05, 3.63) is 57.8 Å². The molecule has 122 valence electrons. The number of phenolic OH excluding ortho intramolecular Hbond substituents is 1. The lowest BCUT2D eigenvalue weighted by Gasteiger charge is -2.04. The third-order valence-electron chi connectivity index (χ3n) is 3.31. The zero-order valence-corrected chi connectivity index (χ0v) is 14.2. The summed E-state index contributed by atoms with van der Waals surface area (Å²) in [6, 6.07) is 12.1. The minimum atomic E-state index is 0.0776. The van der Waals surface area contributed by atoms with Crippen LogP contribution in [0.15, 0.2) is 47.6 Å². The molecular formula is C16H13ClN4O2S. The molecule has 2 N–H and O–H groups in total. The van der Waals surface area contributed by atoms with Crippen molar-refractivity contribution in [1.29, 1.82) is 0 Å². The first-order chi connectivity index (χ1) is 11.6. The summed E-state index contributed by atoms with van der Waals surface area (Å²) in [4.78, 5) is 0. The number of rotatable bonds is 4. The predicted molar refractivity (Wildman–Crippen MR) is 95.5 cm³/mol. The highest BCUT2D eigenvalue weighted by atomic mass is 35.5. The summed E-state index contributed by atoms with van der Waals surface area (Å²) in [5.74, 6) is 1.16. The Bertz CT molecular complexity index is 965. The molecule has 1 heterocycles. The smallest absolute Gasteiger partial charge is 0.216 e. The molecular weight excluding hydrogens is 348 g/mol. The molecule has 8 heteroatoms. The number of benzene rings is 2. The highest BCUT2D eigenvalue weighted by Crippen LogP contribution is 2.26. The molecule has 0 aliphatic carbocycles. The van der Waals surface area contributed by atoms with Gasteiger partial charge in [-0.25, -0.2) is 5.10 Å². The highest BCUT2D eigenvalue weighted by Gasteiger charge is 2.11. The van der Waals surface area contributed by atoms with Crippen LogP contribution in [0.1, 0.15) is 5.56 Å². The monoisotopic (exact) mass is 360 g/mol. The fourth-order valence-corrected chi connectivity index (χ4v) is 2.50. The first-order valence-electron chi connectivity index (χ1n) is 6.94. The normalized spacial score (nSPS) is 11.1. The molecule has 6 nitrogen and oxygen atoms in total. The third-order valence-corrected chi connectivity index (χ3v) is 3.91. The lowest BCUT2D eigenvalue weighted by Crippen LogP contribution is -1.96. The Hall–Kier alpha value is -2.64. The third kappa shape index (κ3) is 3.17. The predicted octanol–water partition coefficient (Wildman–Crippen LogP) is 3.86. The van der Waals surface area contributed by atoms with Gasteiger partial charge in [0.15, 0.2) is 5.82 Å². The van der Waals surface area contributed by atoms with E-state index < -0.39 is 0 Å². The minimum absolute atomic E-state index is 0.0776. The molecule has 0 bridgehead atoms. The van der Waals surface area contributed by atoms with Gasteiger partial charge in [0.25, 0.3) is 0 Å². The maximum absolute atomic E-state index is 9.93. The summed E-state index contributed by atoms with van der Waals surface area (Å²) in [7, 11) is 1.55. The van der Waals surface area contributed by atoms with Crippen LogP contribution in [0.2, 0.25) is 5.02 Å². The molecule has 2 aromatic carbocycles. The number of methoxy groups -OCH3 is 1. The Morgan fingerprint density at radius 1 is 1.33 bits per heavy atom. The molecule has 0 fully saturated rings. The number of hydrogen-bond acceptors (Lipinski definition) is 5. The summed E-state index contributed by atoms with van der Waals surface area (Å²) in [6.07, 6.45) is 1.48. The van der Waals surface area contributed by atoms with Gasteiger partial charge in [-0.1, -0.05) is 23.7 Å². The first-order valence-corrected chi connectivity index (χ1v) is 7.72. The van der Waals surface area contributed by atoms with Crippen LogP contribution in [-0.2, 0) is 0 Å². The quantitative estimate of drug-likeness (QED) is 0.547. The molecule has 0 atom stereocenters. The number of ether oxygens (including phenoxy) is 1. The van der Waals surface area contributed by atoms with Crippen molar-refractivity contribution >= 4 is 30.0 Å². The summed E-state index contributed by atoms with van der Waals surface area (Å²) in [5.41, 5.74) is 1.18. The summed E-state index contributed by atoms with van der Waals surface area (Å²) in [6.45, 7) is 0. The number of aromatic amines is 1. The van der Waals surface area contributed by atoms with E-state index >= 15 is 0 Å². The average Bonchev–Trinajstić information content (AvgIpc) is 2.95. The van der Waals surface area contributed by atoms with Crippen molar-refractivity contribution in [2.75, 3.05) is 7.11 Å². The Morgan fingerprint density at radius 3 is 2.88 bits per heavy atom. The molecule has 24 heavy (non-hydrogen) atoms. The maximum Gasteiger partial charge on any atom is 0.216 e. The van der Waals surface area contributed by atoms with E-state index in [0.29, 0.717) is 32.5 Å². The molecule has 3 aromatic rings. The van der Waals surface area contributed by atoms with Crippen molar-refractivity contribution < 1.29 is 9.84 Å². The Balaban J connectivity index is 2.04. The van der Waals surface area contributed by atoms with E-state index in [1.165, 1.54) is 17.0 Å². The second-order valence-electron chi connectivity index (χ2n) is 4.81. The fraction of sp³-hybridized carbons (Fsp3) is 0.0625. The van der Waals surface area contributed by atoms with E-state index in [0.717, 1.165) is 0 Å². The van der Waals surface area contributed by atoms with Gasteiger partial charge in [-0.3, -0.25) is 0 Å². The van der Waals surface area contributed by atoms with E-state index in [-0.39, 0.29) is 5.75 Å². The van der Waals surface area contributed by atoms with E-state index in [2.05, 4.69) is 15.3 Å². The van der Waals surface area contributed by atoms with Crippen LogP contribution in [0.3, 0.4) is 0 Å². The largest absolute Gasteiger partial charge is 0.507 e. The number of nitrogens with zero attached hydrogens (tertiary/aromatic N) is 3. The summed E-state index contributed by atoms with van der Waals surface area (Å²) < 4.78 is 6.89. The molecule has 0 saturated carbocycles. The van der Waals surface area contributed by atoms with Crippen LogP contribution in [0.5, 0.6) is 11.5 Å². The van der Waals surface area contributed by atoms with Gasteiger partial charge in [0, 0.05) is 11.1 Å². The first kappa shape index (κ1) is 16.2. The maximum atomic E-state index is 9.93. The lowest BCUT2D eigenvalue weighted by molar-refractivity contribution is 0.412. The topological polar surface area (TPSA) is 75.4 Å². The molecule has 0 amide bonds. The number of hydrogen-bond donors (Lipinski definition) is 2. The van der Waals surface area contributed by atoms with Crippen molar-refractivity contribution in [3.8, 4) is 22.9 Å². The van der Waals surface area contributed by atoms with Gasteiger partial charge in [0.05, 0.1) is 18.3 Å². The summed E-state index contributed by atoms with van der Waals surface area (Å²) >= 11 is 11.4. The van der Waals surface area contributed by atoms with Crippen LogP contribution in [0.4, 0.5) is 0 Å². The molecule has 0 aliphatic rings. The molecule has 0 aliphatic heterocycles. The number of phenols is 1. The molecule has 3 rings (SSSR count). The van der Waals surface area contributed by atoms with Gasteiger partial charge < -0.3 is 9.84 Å². The van der Waals surface area contributed by atoms with Crippen molar-refractivity contribution in [2.45, 2.75) is 0 Å². The highest BCUT2D eigenvalue weighted by molar-refractivity contribution is 7.71.